The third-order valence-electron chi connectivity index (χ3n) is 9.34. The molecule has 0 saturated heterocycles. The average Bonchev–Trinajstić information content (AvgIpc) is 2.66. The molecule has 132 valence electrons. The summed E-state index contributed by atoms with van der Waals surface area (Å²) in [6.07, 6.45) is 10.9. The smallest absolute Gasteiger partial charge is 0.0677 e. The van der Waals surface area contributed by atoms with Crippen molar-refractivity contribution in [2.45, 2.75) is 96.7 Å². The molecule has 0 radical (unpaired) electrons. The van der Waals surface area contributed by atoms with Gasteiger partial charge in [-0.05, 0) is 87.9 Å². The second-order valence-electron chi connectivity index (χ2n) is 10.5. The molecule has 4 aliphatic carbocycles. The Hall–Kier alpha value is -0.0800. The van der Waals surface area contributed by atoms with Crippen molar-refractivity contribution >= 4 is 0 Å². The van der Waals surface area contributed by atoms with Crippen LogP contribution in [0.5, 0.6) is 0 Å². The minimum Gasteiger partial charge on any atom is -0.390 e. The van der Waals surface area contributed by atoms with Gasteiger partial charge in [-0.25, -0.2) is 0 Å². The molecule has 0 aromatic carbocycles. The highest BCUT2D eigenvalue weighted by Crippen LogP contribution is 2.70. The summed E-state index contributed by atoms with van der Waals surface area (Å²) >= 11 is 0. The standard InChI is InChI=1S/C21H36O2/c1-18-11-6-5-7-14(18)8-9-15-16-10-12-21(4,23)19(16,2)13-20(3,22)17(15)18/h14-17,22-23H,5-13H2,1-4H3/t14-,15-,16-,17-,18-,19-,20-,21+/m0/s1. The Balaban J connectivity index is 1.77. The van der Waals surface area contributed by atoms with Crippen molar-refractivity contribution in [3.8, 4) is 0 Å². The van der Waals surface area contributed by atoms with Crippen molar-refractivity contribution in [3.63, 3.8) is 0 Å². The molecular formula is C21H36O2. The van der Waals surface area contributed by atoms with Gasteiger partial charge in [-0.15, -0.1) is 0 Å². The lowest BCUT2D eigenvalue weighted by Gasteiger charge is -2.65. The van der Waals surface area contributed by atoms with Crippen molar-refractivity contribution in [1.82, 2.24) is 0 Å². The van der Waals surface area contributed by atoms with Crippen LogP contribution in [0.2, 0.25) is 0 Å². The largest absolute Gasteiger partial charge is 0.390 e. The molecule has 8 atom stereocenters. The molecule has 2 heteroatoms. The molecule has 0 unspecified atom stereocenters. The second kappa shape index (κ2) is 4.75. The third kappa shape index (κ3) is 2.00. The van der Waals surface area contributed by atoms with Gasteiger partial charge in [0, 0.05) is 5.41 Å². The van der Waals surface area contributed by atoms with E-state index in [0.29, 0.717) is 23.2 Å². The van der Waals surface area contributed by atoms with Gasteiger partial charge in [0.1, 0.15) is 0 Å². The second-order valence-corrected chi connectivity index (χ2v) is 10.5. The van der Waals surface area contributed by atoms with E-state index in [4.69, 9.17) is 0 Å². The fraction of sp³-hybridized carbons (Fsp3) is 1.00. The van der Waals surface area contributed by atoms with E-state index in [-0.39, 0.29) is 5.41 Å². The molecule has 4 aliphatic rings. The Morgan fingerprint density at radius 1 is 0.826 bits per heavy atom. The van der Waals surface area contributed by atoms with E-state index < -0.39 is 11.2 Å². The highest BCUT2D eigenvalue weighted by Gasteiger charge is 2.68. The van der Waals surface area contributed by atoms with Crippen LogP contribution < -0.4 is 0 Å². The zero-order valence-electron chi connectivity index (χ0n) is 15.6. The van der Waals surface area contributed by atoms with Gasteiger partial charge in [-0.2, -0.15) is 0 Å². The third-order valence-corrected chi connectivity index (χ3v) is 9.34. The monoisotopic (exact) mass is 320 g/mol. The highest BCUT2D eigenvalue weighted by atomic mass is 16.3. The van der Waals surface area contributed by atoms with E-state index in [0.717, 1.165) is 25.2 Å². The predicted molar refractivity (Wildman–Crippen MR) is 93.0 cm³/mol. The van der Waals surface area contributed by atoms with Crippen LogP contribution >= 0.6 is 0 Å². The first-order chi connectivity index (χ1) is 10.6. The van der Waals surface area contributed by atoms with Crippen LogP contribution in [0.25, 0.3) is 0 Å². The van der Waals surface area contributed by atoms with Gasteiger partial charge in [-0.1, -0.05) is 26.7 Å². The first kappa shape index (κ1) is 16.4. The molecular weight excluding hydrogens is 284 g/mol. The van der Waals surface area contributed by atoms with Crippen LogP contribution in [0, 0.1) is 34.5 Å². The fourth-order valence-corrected chi connectivity index (χ4v) is 8.27. The molecule has 2 nitrogen and oxygen atoms in total. The molecule has 4 saturated carbocycles. The molecule has 0 amide bonds. The van der Waals surface area contributed by atoms with Crippen molar-refractivity contribution in [3.05, 3.63) is 0 Å². The number of hydrogen-bond acceptors (Lipinski definition) is 2. The SMILES string of the molecule is C[C@]12CCCC[C@H]1CC[C@@H]1[C@@H]2[C@@](C)(O)C[C@@]2(C)[C@H]1CC[C@@]2(C)O. The Labute approximate surface area is 142 Å². The average molecular weight is 321 g/mol. The number of rotatable bonds is 0. The van der Waals surface area contributed by atoms with Gasteiger partial charge < -0.3 is 10.2 Å². The molecule has 0 aliphatic heterocycles. The first-order valence-electron chi connectivity index (χ1n) is 10.1. The Bertz CT molecular complexity index is 496. The maximum Gasteiger partial charge on any atom is 0.0677 e. The molecule has 4 rings (SSSR count). The quantitative estimate of drug-likeness (QED) is 0.688. The fourth-order valence-electron chi connectivity index (χ4n) is 8.27. The molecule has 23 heavy (non-hydrogen) atoms. The summed E-state index contributed by atoms with van der Waals surface area (Å²) in [6, 6.07) is 0. The molecule has 0 bridgehead atoms. The molecule has 0 heterocycles. The zero-order chi connectivity index (χ0) is 16.7. The minimum atomic E-state index is -0.630. The van der Waals surface area contributed by atoms with Gasteiger partial charge in [0.05, 0.1) is 11.2 Å². The molecule has 0 aromatic rings. The van der Waals surface area contributed by atoms with Crippen LogP contribution in [0.1, 0.15) is 85.5 Å². The minimum absolute atomic E-state index is 0.116. The van der Waals surface area contributed by atoms with Gasteiger partial charge in [0.25, 0.3) is 0 Å². The van der Waals surface area contributed by atoms with E-state index in [9.17, 15) is 10.2 Å². The topological polar surface area (TPSA) is 40.5 Å². The molecule has 2 N–H and O–H groups in total. The first-order valence-corrected chi connectivity index (χ1v) is 10.1. The predicted octanol–water partition coefficient (Wildman–Crippen LogP) is 4.53. The van der Waals surface area contributed by atoms with Gasteiger partial charge in [0.2, 0.25) is 0 Å². The van der Waals surface area contributed by atoms with Gasteiger partial charge in [-0.3, -0.25) is 0 Å². The molecule has 0 spiro atoms. The van der Waals surface area contributed by atoms with Crippen LogP contribution in [0.4, 0.5) is 0 Å². The number of hydrogen-bond donors (Lipinski definition) is 2. The maximum atomic E-state index is 11.6. The zero-order valence-corrected chi connectivity index (χ0v) is 15.6. The molecule has 4 fully saturated rings. The summed E-state index contributed by atoms with van der Waals surface area (Å²) in [7, 11) is 0. The van der Waals surface area contributed by atoms with Crippen LogP contribution in [-0.2, 0) is 0 Å². The number of fused-ring (bicyclic) bond motifs is 5. The van der Waals surface area contributed by atoms with Crippen molar-refractivity contribution in [2.24, 2.45) is 34.5 Å². The van der Waals surface area contributed by atoms with E-state index in [1.54, 1.807) is 0 Å². The van der Waals surface area contributed by atoms with Crippen LogP contribution in [0.3, 0.4) is 0 Å². The summed E-state index contributed by atoms with van der Waals surface area (Å²) < 4.78 is 0. The van der Waals surface area contributed by atoms with Crippen molar-refractivity contribution < 1.29 is 10.2 Å². The Morgan fingerprint density at radius 2 is 1.57 bits per heavy atom. The van der Waals surface area contributed by atoms with E-state index in [1.807, 2.05) is 6.92 Å². The number of aliphatic hydroxyl groups is 2. The summed E-state index contributed by atoms with van der Waals surface area (Å²) in [5.74, 6) is 2.45. The van der Waals surface area contributed by atoms with Crippen molar-refractivity contribution in [2.75, 3.05) is 0 Å². The van der Waals surface area contributed by atoms with E-state index >= 15 is 0 Å². The van der Waals surface area contributed by atoms with Crippen molar-refractivity contribution in [1.29, 1.82) is 0 Å². The Kier molecular flexibility index (Phi) is 3.39. The lowest BCUT2D eigenvalue weighted by atomic mass is 9.41. The molecule has 0 aromatic heterocycles. The van der Waals surface area contributed by atoms with Crippen LogP contribution in [-0.4, -0.2) is 21.4 Å². The normalized spacial score (nSPS) is 62.3. The summed E-state index contributed by atoms with van der Waals surface area (Å²) in [5, 5.41) is 22.7. The van der Waals surface area contributed by atoms with E-state index in [2.05, 4.69) is 20.8 Å². The highest BCUT2D eigenvalue weighted by molar-refractivity contribution is 5.17. The summed E-state index contributed by atoms with van der Waals surface area (Å²) in [6.45, 7) is 8.89. The lowest BCUT2D eigenvalue weighted by molar-refractivity contribution is -0.231. The summed E-state index contributed by atoms with van der Waals surface area (Å²) in [4.78, 5) is 0. The summed E-state index contributed by atoms with van der Waals surface area (Å²) in [5.41, 5.74) is -1.04. The van der Waals surface area contributed by atoms with Gasteiger partial charge in [0.15, 0.2) is 0 Å². The van der Waals surface area contributed by atoms with Gasteiger partial charge >= 0.3 is 0 Å². The van der Waals surface area contributed by atoms with E-state index in [1.165, 1.54) is 38.5 Å². The Morgan fingerprint density at radius 3 is 2.30 bits per heavy atom. The van der Waals surface area contributed by atoms with Crippen LogP contribution in [0.15, 0.2) is 0 Å². The lowest BCUT2D eigenvalue weighted by Crippen LogP contribution is -2.64. The maximum absolute atomic E-state index is 11.6.